The average Bonchev–Trinajstić information content (AvgIpc) is 3.34. The van der Waals surface area contributed by atoms with Crippen LogP contribution in [0.1, 0.15) is 47.8 Å². The van der Waals surface area contributed by atoms with Crippen LogP contribution in [0.15, 0.2) is 30.6 Å². The molecular formula is C20H24N6O2. The Morgan fingerprint density at radius 2 is 2.00 bits per heavy atom. The fraction of sp³-hybridized carbons (Fsp3) is 0.500. The molecular weight excluding hydrogens is 356 g/mol. The Balaban J connectivity index is 1.15. The predicted molar refractivity (Wildman–Crippen MR) is 102 cm³/mol. The molecule has 1 amide bonds. The van der Waals surface area contributed by atoms with Crippen LogP contribution in [0.5, 0.6) is 5.88 Å². The quantitative estimate of drug-likeness (QED) is 0.679. The molecule has 1 aliphatic heterocycles. The largest absolute Gasteiger partial charge is 0.476 e. The first-order valence-corrected chi connectivity index (χ1v) is 9.94. The first kappa shape index (κ1) is 17.2. The first-order valence-electron chi connectivity index (χ1n) is 9.94. The molecule has 1 saturated carbocycles. The van der Waals surface area contributed by atoms with E-state index >= 15 is 0 Å². The Kier molecular flexibility index (Phi) is 4.26. The molecule has 146 valence electrons. The number of carbonyl (C=O) groups is 1. The van der Waals surface area contributed by atoms with Crippen molar-refractivity contribution in [3.8, 4) is 5.88 Å². The summed E-state index contributed by atoms with van der Waals surface area (Å²) in [7, 11) is 1.80. The molecule has 0 N–H and O–H groups in total. The van der Waals surface area contributed by atoms with Crippen LogP contribution in [0, 0.1) is 5.92 Å². The van der Waals surface area contributed by atoms with Crippen LogP contribution < -0.4 is 4.74 Å². The van der Waals surface area contributed by atoms with E-state index in [9.17, 15) is 4.79 Å². The molecule has 0 atom stereocenters. The molecule has 3 aromatic rings. The number of hydrogen-bond acceptors (Lipinski definition) is 5. The van der Waals surface area contributed by atoms with E-state index < -0.39 is 0 Å². The van der Waals surface area contributed by atoms with E-state index in [1.54, 1.807) is 24.0 Å². The number of hydrogen-bond donors (Lipinski definition) is 0. The van der Waals surface area contributed by atoms with Gasteiger partial charge in [0.1, 0.15) is 5.69 Å². The van der Waals surface area contributed by atoms with Gasteiger partial charge in [-0.1, -0.05) is 0 Å². The van der Waals surface area contributed by atoms with Gasteiger partial charge in [0, 0.05) is 38.3 Å². The van der Waals surface area contributed by atoms with E-state index in [1.165, 1.54) is 12.8 Å². The molecule has 0 spiro atoms. The maximum Gasteiger partial charge on any atom is 0.272 e. The molecule has 28 heavy (non-hydrogen) atoms. The van der Waals surface area contributed by atoms with Crippen molar-refractivity contribution in [2.75, 3.05) is 19.7 Å². The molecule has 4 heterocycles. The number of nitrogens with zero attached hydrogens (tertiary/aromatic N) is 6. The van der Waals surface area contributed by atoms with E-state index in [0.29, 0.717) is 30.0 Å². The van der Waals surface area contributed by atoms with Crippen molar-refractivity contribution in [2.45, 2.75) is 31.6 Å². The third-order valence-corrected chi connectivity index (χ3v) is 5.72. The van der Waals surface area contributed by atoms with E-state index in [-0.39, 0.29) is 5.91 Å². The Morgan fingerprint density at radius 3 is 2.71 bits per heavy atom. The van der Waals surface area contributed by atoms with Crippen molar-refractivity contribution < 1.29 is 9.53 Å². The molecule has 0 radical (unpaired) electrons. The van der Waals surface area contributed by atoms with Gasteiger partial charge in [-0.2, -0.15) is 5.10 Å². The Labute approximate surface area is 163 Å². The average molecular weight is 380 g/mol. The van der Waals surface area contributed by atoms with Crippen LogP contribution in [0.2, 0.25) is 0 Å². The highest BCUT2D eigenvalue weighted by Crippen LogP contribution is 2.39. The number of piperidine rings is 1. The van der Waals surface area contributed by atoms with Crippen molar-refractivity contribution in [1.82, 2.24) is 29.3 Å². The topological polar surface area (TPSA) is 77.5 Å². The summed E-state index contributed by atoms with van der Waals surface area (Å²) in [5, 5.41) is 8.62. The maximum absolute atomic E-state index is 12.6. The SMILES string of the molecule is Cn1nccc1C(=O)N1CCC(COc2ccc3nc(C4CC4)cn3n2)CC1. The molecule has 2 fully saturated rings. The smallest absolute Gasteiger partial charge is 0.272 e. The minimum absolute atomic E-state index is 0.0538. The van der Waals surface area contributed by atoms with Gasteiger partial charge in [-0.25, -0.2) is 9.50 Å². The van der Waals surface area contributed by atoms with Gasteiger partial charge in [-0.15, -0.1) is 5.10 Å². The van der Waals surface area contributed by atoms with E-state index in [1.807, 2.05) is 27.7 Å². The van der Waals surface area contributed by atoms with E-state index in [4.69, 9.17) is 4.74 Å². The Hall–Kier alpha value is -2.90. The summed E-state index contributed by atoms with van der Waals surface area (Å²) in [5.74, 6) is 1.72. The molecule has 1 saturated heterocycles. The lowest BCUT2D eigenvalue weighted by molar-refractivity contribution is 0.0648. The van der Waals surface area contributed by atoms with E-state index in [2.05, 4.69) is 15.2 Å². The standard InChI is InChI=1S/C20H24N6O2/c1-24-17(6-9-21-24)20(27)25-10-7-14(8-11-25)13-28-19-5-4-18-22-16(15-2-3-15)12-26(18)23-19/h4-6,9,12,14-15H,2-3,7-8,10-11,13H2,1H3. The summed E-state index contributed by atoms with van der Waals surface area (Å²) in [5.41, 5.74) is 2.64. The third kappa shape index (κ3) is 3.34. The molecule has 2 aliphatic rings. The van der Waals surface area contributed by atoms with Crippen molar-refractivity contribution in [3.05, 3.63) is 42.0 Å². The number of aryl methyl sites for hydroxylation is 1. The summed E-state index contributed by atoms with van der Waals surface area (Å²) in [6, 6.07) is 5.62. The van der Waals surface area contributed by atoms with Crippen molar-refractivity contribution in [2.24, 2.45) is 13.0 Å². The van der Waals surface area contributed by atoms with Gasteiger partial charge in [-0.05, 0) is 43.7 Å². The van der Waals surface area contributed by atoms with Crippen molar-refractivity contribution in [3.63, 3.8) is 0 Å². The van der Waals surface area contributed by atoms with Crippen LogP contribution in [0.3, 0.4) is 0 Å². The number of rotatable bonds is 5. The van der Waals surface area contributed by atoms with Gasteiger partial charge in [0.2, 0.25) is 5.88 Å². The summed E-state index contributed by atoms with van der Waals surface area (Å²) in [4.78, 5) is 19.1. The van der Waals surface area contributed by atoms with Gasteiger partial charge < -0.3 is 9.64 Å². The summed E-state index contributed by atoms with van der Waals surface area (Å²) < 4.78 is 9.40. The third-order valence-electron chi connectivity index (χ3n) is 5.72. The van der Waals surface area contributed by atoms with Crippen molar-refractivity contribution >= 4 is 11.6 Å². The summed E-state index contributed by atoms with van der Waals surface area (Å²) in [6.45, 7) is 2.12. The van der Waals surface area contributed by atoms with Crippen LogP contribution >= 0.6 is 0 Å². The van der Waals surface area contributed by atoms with Crippen molar-refractivity contribution in [1.29, 1.82) is 0 Å². The van der Waals surface area contributed by atoms with E-state index in [0.717, 1.165) is 37.3 Å². The molecule has 8 nitrogen and oxygen atoms in total. The molecule has 0 aromatic carbocycles. The molecule has 3 aromatic heterocycles. The maximum atomic E-state index is 12.6. The molecule has 8 heteroatoms. The predicted octanol–water partition coefficient (Wildman–Crippen LogP) is 2.27. The highest BCUT2D eigenvalue weighted by atomic mass is 16.5. The molecule has 1 aliphatic carbocycles. The van der Waals surface area contributed by atoms with Crippen LogP contribution in [0.4, 0.5) is 0 Å². The number of imidazole rings is 1. The first-order chi connectivity index (χ1) is 13.7. The molecule has 0 unspecified atom stereocenters. The zero-order valence-electron chi connectivity index (χ0n) is 16.0. The summed E-state index contributed by atoms with van der Waals surface area (Å²) in [6.07, 6.45) is 8.00. The number of carbonyl (C=O) groups excluding carboxylic acids is 1. The van der Waals surface area contributed by atoms with Gasteiger partial charge in [0.05, 0.1) is 18.5 Å². The van der Waals surface area contributed by atoms with Gasteiger partial charge >= 0.3 is 0 Å². The minimum atomic E-state index is 0.0538. The molecule has 0 bridgehead atoms. The fourth-order valence-corrected chi connectivity index (χ4v) is 3.79. The highest BCUT2D eigenvalue weighted by Gasteiger charge is 2.27. The highest BCUT2D eigenvalue weighted by molar-refractivity contribution is 5.92. The van der Waals surface area contributed by atoms with Gasteiger partial charge in [0.25, 0.3) is 5.91 Å². The second kappa shape index (κ2) is 6.92. The van der Waals surface area contributed by atoms with Crippen LogP contribution in [-0.2, 0) is 7.05 Å². The van der Waals surface area contributed by atoms with Crippen LogP contribution in [0.25, 0.3) is 5.65 Å². The second-order valence-electron chi connectivity index (χ2n) is 7.80. The monoisotopic (exact) mass is 380 g/mol. The summed E-state index contributed by atoms with van der Waals surface area (Å²) >= 11 is 0. The number of aromatic nitrogens is 5. The normalized spacial score (nSPS) is 18.0. The lowest BCUT2D eigenvalue weighted by Gasteiger charge is -2.31. The molecule has 5 rings (SSSR count). The second-order valence-corrected chi connectivity index (χ2v) is 7.80. The Morgan fingerprint density at radius 1 is 1.18 bits per heavy atom. The zero-order chi connectivity index (χ0) is 19.1. The number of likely N-dealkylation sites (tertiary alicyclic amines) is 1. The van der Waals surface area contributed by atoms with Crippen LogP contribution in [-0.4, -0.2) is 54.9 Å². The zero-order valence-corrected chi connectivity index (χ0v) is 16.0. The van der Waals surface area contributed by atoms with Gasteiger partial charge in [0.15, 0.2) is 5.65 Å². The Bertz CT molecular complexity index is 997. The number of ether oxygens (including phenoxy) is 1. The van der Waals surface area contributed by atoms with Gasteiger partial charge in [-0.3, -0.25) is 9.48 Å². The fourth-order valence-electron chi connectivity index (χ4n) is 3.79. The lowest BCUT2D eigenvalue weighted by Crippen LogP contribution is -2.40. The lowest BCUT2D eigenvalue weighted by atomic mass is 9.97. The minimum Gasteiger partial charge on any atom is -0.476 e. The number of fused-ring (bicyclic) bond motifs is 1. The number of amides is 1.